The van der Waals surface area contributed by atoms with Crippen molar-refractivity contribution in [3.63, 3.8) is 0 Å². The number of rotatable bonds is 9. The minimum absolute atomic E-state index is 0.354. The molecule has 0 unspecified atom stereocenters. The molecule has 1 N–H and O–H groups in total. The first-order valence-corrected chi connectivity index (χ1v) is 8.97. The Hall–Kier alpha value is -2.93. The molecule has 2 aromatic carbocycles. The van der Waals surface area contributed by atoms with E-state index in [0.717, 1.165) is 6.42 Å². The summed E-state index contributed by atoms with van der Waals surface area (Å²) in [5.41, 5.74) is 3.46. The molecule has 0 aliphatic rings. The molecule has 2 aromatic rings. The molecular weight excluding hydrogens is 384 g/mol. The summed E-state index contributed by atoms with van der Waals surface area (Å²) in [7, 11) is 4.56. The number of hydrogen-bond donors (Lipinski definition) is 1. The molecule has 1 amide bonds. The molecule has 0 saturated carbocycles. The van der Waals surface area contributed by atoms with Crippen LogP contribution < -0.4 is 24.4 Å². The lowest BCUT2D eigenvalue weighted by Crippen LogP contribution is -2.17. The molecule has 8 heteroatoms. The van der Waals surface area contributed by atoms with Crippen LogP contribution in [0, 0.1) is 0 Å². The fourth-order valence-electron chi connectivity index (χ4n) is 2.33. The molecule has 0 radical (unpaired) electrons. The average molecular weight is 407 g/mol. The van der Waals surface area contributed by atoms with Crippen molar-refractivity contribution >= 4 is 23.7 Å². The van der Waals surface area contributed by atoms with Gasteiger partial charge in [-0.15, -0.1) is 0 Å². The van der Waals surface area contributed by atoms with Crippen LogP contribution in [0.2, 0.25) is 5.02 Å². The van der Waals surface area contributed by atoms with Gasteiger partial charge in [0.15, 0.2) is 11.5 Å². The Morgan fingerprint density at radius 3 is 2.32 bits per heavy atom. The summed E-state index contributed by atoms with van der Waals surface area (Å²) in [4.78, 5) is 12.3. The first-order valence-electron chi connectivity index (χ1n) is 8.59. The van der Waals surface area contributed by atoms with E-state index >= 15 is 0 Å². The fourth-order valence-corrected chi connectivity index (χ4v) is 2.60. The molecule has 0 aromatic heterocycles. The van der Waals surface area contributed by atoms with E-state index in [9.17, 15) is 4.79 Å². The van der Waals surface area contributed by atoms with Gasteiger partial charge in [0, 0.05) is 11.6 Å². The highest BCUT2D eigenvalue weighted by molar-refractivity contribution is 6.32. The number of carbonyl (C=O) groups is 1. The van der Waals surface area contributed by atoms with Crippen LogP contribution in [0.15, 0.2) is 35.4 Å². The second-order valence-electron chi connectivity index (χ2n) is 5.68. The first kappa shape index (κ1) is 21.4. The Balaban J connectivity index is 2.14. The molecular formula is C20H23ClN2O5. The molecule has 0 spiro atoms. The van der Waals surface area contributed by atoms with Crippen LogP contribution in [0.4, 0.5) is 0 Å². The summed E-state index contributed by atoms with van der Waals surface area (Å²) in [6.07, 6.45) is 2.32. The normalized spacial score (nSPS) is 10.6. The molecule has 0 heterocycles. The minimum Gasteiger partial charge on any atom is -0.497 e. The van der Waals surface area contributed by atoms with Crippen molar-refractivity contribution in [1.29, 1.82) is 0 Å². The maximum Gasteiger partial charge on any atom is 0.271 e. The zero-order valence-corrected chi connectivity index (χ0v) is 17.0. The van der Waals surface area contributed by atoms with Crippen LogP contribution in [-0.2, 0) is 0 Å². The number of carbonyl (C=O) groups excluding carboxylic acids is 1. The van der Waals surface area contributed by atoms with Crippen LogP contribution >= 0.6 is 11.6 Å². The predicted octanol–water partition coefficient (Wildman–Crippen LogP) is 3.92. The first-order chi connectivity index (χ1) is 13.5. The Morgan fingerprint density at radius 1 is 1.07 bits per heavy atom. The standard InChI is InChI=1S/C20H23ClN2O5/c1-5-6-28-19-17(21)7-13(8-18(19)27-4)12-22-23-20(24)14-9-15(25-2)11-16(10-14)26-3/h7-12H,5-6H2,1-4H3,(H,23,24)/b22-12-. The Kier molecular flexibility index (Phi) is 7.95. The maximum absolute atomic E-state index is 12.3. The fraction of sp³-hybridized carbons (Fsp3) is 0.300. The zero-order chi connectivity index (χ0) is 20.5. The maximum atomic E-state index is 12.3. The third-order valence-electron chi connectivity index (χ3n) is 3.70. The second-order valence-corrected chi connectivity index (χ2v) is 6.09. The van der Waals surface area contributed by atoms with Gasteiger partial charge in [0.05, 0.1) is 39.2 Å². The summed E-state index contributed by atoms with van der Waals surface area (Å²) >= 11 is 6.27. The van der Waals surface area contributed by atoms with E-state index in [-0.39, 0.29) is 0 Å². The average Bonchev–Trinajstić information content (AvgIpc) is 2.71. The molecule has 0 atom stereocenters. The highest BCUT2D eigenvalue weighted by Crippen LogP contribution is 2.36. The highest BCUT2D eigenvalue weighted by atomic mass is 35.5. The van der Waals surface area contributed by atoms with Crippen molar-refractivity contribution in [3.05, 3.63) is 46.5 Å². The van der Waals surface area contributed by atoms with Gasteiger partial charge >= 0.3 is 0 Å². The summed E-state index contributed by atoms with van der Waals surface area (Å²) < 4.78 is 21.3. The van der Waals surface area contributed by atoms with Crippen molar-refractivity contribution in [1.82, 2.24) is 5.43 Å². The summed E-state index contributed by atoms with van der Waals surface area (Å²) in [6.45, 7) is 2.53. The van der Waals surface area contributed by atoms with Crippen LogP contribution in [0.25, 0.3) is 0 Å². The number of ether oxygens (including phenoxy) is 4. The van der Waals surface area contributed by atoms with Crippen LogP contribution in [0.3, 0.4) is 0 Å². The monoisotopic (exact) mass is 406 g/mol. The van der Waals surface area contributed by atoms with E-state index < -0.39 is 5.91 Å². The Labute approximate surface area is 169 Å². The van der Waals surface area contributed by atoms with Gasteiger partial charge in [0.1, 0.15) is 11.5 Å². The van der Waals surface area contributed by atoms with Gasteiger partial charge in [-0.1, -0.05) is 18.5 Å². The van der Waals surface area contributed by atoms with Gasteiger partial charge in [-0.2, -0.15) is 5.10 Å². The van der Waals surface area contributed by atoms with E-state index in [0.29, 0.717) is 45.8 Å². The topological polar surface area (TPSA) is 78.4 Å². The van der Waals surface area contributed by atoms with Gasteiger partial charge in [0.25, 0.3) is 5.91 Å². The number of nitrogens with one attached hydrogen (secondary N) is 1. The van der Waals surface area contributed by atoms with E-state index in [1.807, 2.05) is 6.92 Å². The number of amides is 1. The van der Waals surface area contributed by atoms with Crippen molar-refractivity contribution in [2.75, 3.05) is 27.9 Å². The number of hydrogen-bond acceptors (Lipinski definition) is 6. The summed E-state index contributed by atoms with van der Waals surface area (Å²) in [6, 6.07) is 8.26. The van der Waals surface area contributed by atoms with Crippen LogP contribution in [0.5, 0.6) is 23.0 Å². The number of nitrogens with zero attached hydrogens (tertiary/aromatic N) is 1. The molecule has 0 fully saturated rings. The number of benzene rings is 2. The number of halogens is 1. The van der Waals surface area contributed by atoms with Crippen LogP contribution in [0.1, 0.15) is 29.3 Å². The van der Waals surface area contributed by atoms with E-state index in [1.54, 1.807) is 30.3 Å². The molecule has 0 saturated heterocycles. The lowest BCUT2D eigenvalue weighted by Gasteiger charge is -2.12. The number of methoxy groups -OCH3 is 3. The van der Waals surface area contributed by atoms with E-state index in [1.165, 1.54) is 27.5 Å². The lowest BCUT2D eigenvalue weighted by molar-refractivity contribution is 0.0954. The third kappa shape index (κ3) is 5.53. The van der Waals surface area contributed by atoms with Gasteiger partial charge in [-0.25, -0.2) is 5.43 Å². The smallest absolute Gasteiger partial charge is 0.271 e. The van der Waals surface area contributed by atoms with E-state index in [4.69, 9.17) is 30.5 Å². The minimum atomic E-state index is -0.408. The van der Waals surface area contributed by atoms with Crippen LogP contribution in [-0.4, -0.2) is 40.1 Å². The van der Waals surface area contributed by atoms with Gasteiger partial charge < -0.3 is 18.9 Å². The molecule has 0 aliphatic heterocycles. The van der Waals surface area contributed by atoms with Crippen molar-refractivity contribution in [2.24, 2.45) is 5.10 Å². The van der Waals surface area contributed by atoms with Crippen molar-refractivity contribution in [2.45, 2.75) is 13.3 Å². The third-order valence-corrected chi connectivity index (χ3v) is 3.98. The summed E-state index contributed by atoms with van der Waals surface area (Å²) in [5.74, 6) is 1.58. The Morgan fingerprint density at radius 2 is 1.75 bits per heavy atom. The molecule has 28 heavy (non-hydrogen) atoms. The molecule has 2 rings (SSSR count). The molecule has 0 bridgehead atoms. The van der Waals surface area contributed by atoms with Gasteiger partial charge in [-0.05, 0) is 36.2 Å². The van der Waals surface area contributed by atoms with E-state index in [2.05, 4.69) is 10.5 Å². The lowest BCUT2D eigenvalue weighted by atomic mass is 10.2. The van der Waals surface area contributed by atoms with Gasteiger partial charge in [0.2, 0.25) is 0 Å². The quantitative estimate of drug-likeness (QED) is 0.504. The van der Waals surface area contributed by atoms with Gasteiger partial charge in [-0.3, -0.25) is 4.79 Å². The Bertz CT molecular complexity index is 832. The summed E-state index contributed by atoms with van der Waals surface area (Å²) in [5, 5.41) is 4.38. The van der Waals surface area contributed by atoms with Crippen molar-refractivity contribution < 1.29 is 23.7 Å². The zero-order valence-electron chi connectivity index (χ0n) is 16.2. The highest BCUT2D eigenvalue weighted by Gasteiger charge is 2.12. The number of hydrazone groups is 1. The molecule has 150 valence electrons. The largest absolute Gasteiger partial charge is 0.497 e. The predicted molar refractivity (Wildman–Crippen MR) is 108 cm³/mol. The molecule has 0 aliphatic carbocycles. The van der Waals surface area contributed by atoms with Crippen molar-refractivity contribution in [3.8, 4) is 23.0 Å². The second kappa shape index (κ2) is 10.4. The molecule has 7 nitrogen and oxygen atoms in total. The SMILES string of the molecule is CCCOc1c(Cl)cc(/C=N\NC(=O)c2cc(OC)cc(OC)c2)cc1OC.